The van der Waals surface area contributed by atoms with Crippen molar-refractivity contribution in [1.29, 1.82) is 0 Å². The van der Waals surface area contributed by atoms with Crippen LogP contribution >= 0.6 is 0 Å². The van der Waals surface area contributed by atoms with Crippen molar-refractivity contribution in [2.45, 2.75) is 52.2 Å². The Kier molecular flexibility index (Phi) is 3.77. The van der Waals surface area contributed by atoms with Crippen molar-refractivity contribution >= 4 is 5.97 Å². The van der Waals surface area contributed by atoms with Crippen molar-refractivity contribution in [3.8, 4) is 0 Å². The predicted molar refractivity (Wildman–Crippen MR) is 60.7 cm³/mol. The second-order valence-corrected chi connectivity index (χ2v) is 5.58. The third-order valence-electron chi connectivity index (χ3n) is 2.95. The first-order valence-corrected chi connectivity index (χ1v) is 5.72. The van der Waals surface area contributed by atoms with E-state index in [9.17, 15) is 4.79 Å². The maximum Gasteiger partial charge on any atom is 0.309 e. The molecule has 1 heterocycles. The van der Waals surface area contributed by atoms with Crippen molar-refractivity contribution in [2.75, 3.05) is 13.6 Å². The Hall–Kier alpha value is -0.570. The molecule has 0 aliphatic carbocycles. The van der Waals surface area contributed by atoms with Gasteiger partial charge in [-0.05, 0) is 54.1 Å². The topological polar surface area (TPSA) is 29.5 Å². The largest absolute Gasteiger partial charge is 0.460 e. The zero-order valence-corrected chi connectivity index (χ0v) is 10.5. The van der Waals surface area contributed by atoms with E-state index in [2.05, 4.69) is 18.9 Å². The van der Waals surface area contributed by atoms with Gasteiger partial charge in [-0.15, -0.1) is 0 Å². The number of hydrogen-bond donors (Lipinski definition) is 0. The monoisotopic (exact) mass is 213 g/mol. The van der Waals surface area contributed by atoms with E-state index in [1.54, 1.807) is 0 Å². The van der Waals surface area contributed by atoms with Crippen molar-refractivity contribution in [3.63, 3.8) is 0 Å². The van der Waals surface area contributed by atoms with Gasteiger partial charge in [0.2, 0.25) is 0 Å². The van der Waals surface area contributed by atoms with Gasteiger partial charge in [-0.2, -0.15) is 0 Å². The van der Waals surface area contributed by atoms with Gasteiger partial charge in [0.15, 0.2) is 0 Å². The van der Waals surface area contributed by atoms with E-state index in [1.807, 2.05) is 20.8 Å². The van der Waals surface area contributed by atoms with Crippen molar-refractivity contribution in [2.24, 2.45) is 5.92 Å². The summed E-state index contributed by atoms with van der Waals surface area (Å²) in [6, 6.07) is 0.483. The molecule has 0 amide bonds. The van der Waals surface area contributed by atoms with Crippen LogP contribution in [0.5, 0.6) is 0 Å². The number of hydrogen-bond acceptors (Lipinski definition) is 3. The summed E-state index contributed by atoms with van der Waals surface area (Å²) in [6.07, 6.45) is 1.85. The van der Waals surface area contributed by atoms with Crippen molar-refractivity contribution in [3.05, 3.63) is 0 Å². The first-order chi connectivity index (χ1) is 6.79. The maximum absolute atomic E-state index is 11.8. The second-order valence-electron chi connectivity index (χ2n) is 5.58. The summed E-state index contributed by atoms with van der Waals surface area (Å²) in [4.78, 5) is 14.1. The second kappa shape index (κ2) is 4.52. The summed E-state index contributed by atoms with van der Waals surface area (Å²) < 4.78 is 5.40. The number of piperidine rings is 1. The molecule has 1 aliphatic heterocycles. The van der Waals surface area contributed by atoms with Gasteiger partial charge in [-0.3, -0.25) is 4.79 Å². The van der Waals surface area contributed by atoms with Crippen LogP contribution in [-0.4, -0.2) is 36.1 Å². The fraction of sp³-hybridized carbons (Fsp3) is 0.917. The standard InChI is InChI=1S/C12H23NO2/c1-9-8-10(6-7-13(9)5)11(14)15-12(2,3)4/h9-10H,6-8H2,1-5H3/t9-,10?/m0/s1. The Morgan fingerprint density at radius 3 is 2.47 bits per heavy atom. The van der Waals surface area contributed by atoms with E-state index in [-0.39, 0.29) is 17.5 Å². The van der Waals surface area contributed by atoms with Gasteiger partial charge in [-0.1, -0.05) is 0 Å². The number of carbonyl (C=O) groups excluding carboxylic acids is 1. The summed E-state index contributed by atoms with van der Waals surface area (Å²) in [7, 11) is 2.11. The summed E-state index contributed by atoms with van der Waals surface area (Å²) >= 11 is 0. The number of esters is 1. The third-order valence-corrected chi connectivity index (χ3v) is 2.95. The molecule has 0 saturated carbocycles. The highest BCUT2D eigenvalue weighted by Crippen LogP contribution is 2.24. The normalized spacial score (nSPS) is 28.9. The van der Waals surface area contributed by atoms with Crippen LogP contribution in [0, 0.1) is 5.92 Å². The third kappa shape index (κ3) is 3.82. The smallest absolute Gasteiger partial charge is 0.309 e. The molecular weight excluding hydrogens is 190 g/mol. The van der Waals surface area contributed by atoms with Gasteiger partial charge in [-0.25, -0.2) is 0 Å². The van der Waals surface area contributed by atoms with Crippen LogP contribution in [0.3, 0.4) is 0 Å². The molecule has 0 aromatic carbocycles. The number of ether oxygens (including phenoxy) is 1. The molecule has 3 nitrogen and oxygen atoms in total. The van der Waals surface area contributed by atoms with Crippen LogP contribution in [0.4, 0.5) is 0 Å². The molecule has 15 heavy (non-hydrogen) atoms. The Morgan fingerprint density at radius 2 is 2.00 bits per heavy atom. The SMILES string of the molecule is C[C@H]1CC(C(=O)OC(C)(C)C)CCN1C. The fourth-order valence-corrected chi connectivity index (χ4v) is 1.89. The first-order valence-electron chi connectivity index (χ1n) is 5.72. The summed E-state index contributed by atoms with van der Waals surface area (Å²) in [5.41, 5.74) is -0.357. The lowest BCUT2D eigenvalue weighted by Crippen LogP contribution is -2.41. The molecular formula is C12H23NO2. The van der Waals surface area contributed by atoms with E-state index in [0.717, 1.165) is 19.4 Å². The first kappa shape index (κ1) is 12.5. The summed E-state index contributed by atoms with van der Waals surface area (Å²) in [6.45, 7) is 8.91. The number of carbonyl (C=O) groups is 1. The van der Waals surface area contributed by atoms with E-state index < -0.39 is 0 Å². The molecule has 0 bridgehead atoms. The zero-order valence-electron chi connectivity index (χ0n) is 10.5. The Bertz CT molecular complexity index is 232. The quantitative estimate of drug-likeness (QED) is 0.624. The average molecular weight is 213 g/mol. The van der Waals surface area contributed by atoms with E-state index in [1.165, 1.54) is 0 Å². The van der Waals surface area contributed by atoms with Crippen molar-refractivity contribution in [1.82, 2.24) is 4.90 Å². The fourth-order valence-electron chi connectivity index (χ4n) is 1.89. The van der Waals surface area contributed by atoms with E-state index in [4.69, 9.17) is 4.74 Å². The van der Waals surface area contributed by atoms with Gasteiger partial charge in [0, 0.05) is 6.04 Å². The molecule has 0 N–H and O–H groups in total. The molecule has 0 aromatic heterocycles. The Morgan fingerprint density at radius 1 is 1.40 bits per heavy atom. The molecule has 2 atom stereocenters. The van der Waals surface area contributed by atoms with Gasteiger partial charge in [0.1, 0.15) is 5.60 Å². The molecule has 3 heteroatoms. The lowest BCUT2D eigenvalue weighted by Gasteiger charge is -2.35. The predicted octanol–water partition coefficient (Wildman–Crippen LogP) is 2.06. The van der Waals surface area contributed by atoms with Crippen LogP contribution in [0.25, 0.3) is 0 Å². The highest BCUT2D eigenvalue weighted by Gasteiger charge is 2.31. The summed E-state index contributed by atoms with van der Waals surface area (Å²) in [5.74, 6) is 0.0675. The minimum Gasteiger partial charge on any atom is -0.460 e. The molecule has 0 aromatic rings. The van der Waals surface area contributed by atoms with Gasteiger partial charge in [0.05, 0.1) is 5.92 Å². The van der Waals surface area contributed by atoms with Crippen molar-refractivity contribution < 1.29 is 9.53 Å². The summed E-state index contributed by atoms with van der Waals surface area (Å²) in [5, 5.41) is 0. The van der Waals surface area contributed by atoms with Crippen LogP contribution in [-0.2, 0) is 9.53 Å². The number of likely N-dealkylation sites (tertiary alicyclic amines) is 1. The lowest BCUT2D eigenvalue weighted by molar-refractivity contribution is -0.162. The molecule has 1 fully saturated rings. The van der Waals surface area contributed by atoms with E-state index in [0.29, 0.717) is 6.04 Å². The lowest BCUT2D eigenvalue weighted by atomic mass is 9.92. The Labute approximate surface area is 92.8 Å². The van der Waals surface area contributed by atoms with Crippen LogP contribution in [0.15, 0.2) is 0 Å². The average Bonchev–Trinajstić information content (AvgIpc) is 2.06. The van der Waals surface area contributed by atoms with Crippen LogP contribution in [0.1, 0.15) is 40.5 Å². The number of rotatable bonds is 1. The van der Waals surface area contributed by atoms with Gasteiger partial charge < -0.3 is 9.64 Å². The number of nitrogens with zero attached hydrogens (tertiary/aromatic N) is 1. The van der Waals surface area contributed by atoms with E-state index >= 15 is 0 Å². The van der Waals surface area contributed by atoms with Crippen LogP contribution < -0.4 is 0 Å². The van der Waals surface area contributed by atoms with Gasteiger partial charge in [0.25, 0.3) is 0 Å². The van der Waals surface area contributed by atoms with Crippen LogP contribution in [0.2, 0.25) is 0 Å². The highest BCUT2D eigenvalue weighted by atomic mass is 16.6. The minimum atomic E-state index is -0.357. The molecule has 1 aliphatic rings. The minimum absolute atomic E-state index is 0.0255. The Balaban J connectivity index is 2.48. The highest BCUT2D eigenvalue weighted by molar-refractivity contribution is 5.73. The molecule has 88 valence electrons. The zero-order chi connectivity index (χ0) is 11.6. The maximum atomic E-state index is 11.8. The molecule has 0 spiro atoms. The molecule has 1 rings (SSSR count). The molecule has 0 radical (unpaired) electrons. The molecule has 1 unspecified atom stereocenters. The molecule has 1 saturated heterocycles. The van der Waals surface area contributed by atoms with Gasteiger partial charge >= 0.3 is 5.97 Å².